The molecule has 2 amide bonds. The summed E-state index contributed by atoms with van der Waals surface area (Å²) in [7, 11) is 2.17. The van der Waals surface area contributed by atoms with Crippen molar-refractivity contribution in [1.29, 1.82) is 0 Å². The van der Waals surface area contributed by atoms with E-state index in [1.165, 1.54) is 27.6 Å². The summed E-state index contributed by atoms with van der Waals surface area (Å²) in [6.07, 6.45) is 6.39. The number of rotatable bonds is 7. The third kappa shape index (κ3) is 3.55. The molecule has 7 nitrogen and oxygen atoms in total. The van der Waals surface area contributed by atoms with E-state index in [0.717, 1.165) is 19.4 Å². The van der Waals surface area contributed by atoms with Crippen LogP contribution in [-0.2, 0) is 16.0 Å². The average molecular weight is 381 g/mol. The number of likely N-dealkylation sites (N-methyl/N-ethyl adjacent to an activating group) is 1. The lowest BCUT2D eigenvalue weighted by Crippen LogP contribution is -2.44. The molecule has 2 heterocycles. The van der Waals surface area contributed by atoms with E-state index < -0.39 is 11.8 Å². The Labute approximate surface area is 164 Å². The highest BCUT2D eigenvalue weighted by molar-refractivity contribution is 5.98. The van der Waals surface area contributed by atoms with Gasteiger partial charge in [0.15, 0.2) is 0 Å². The van der Waals surface area contributed by atoms with Gasteiger partial charge in [-0.05, 0) is 55.1 Å². The van der Waals surface area contributed by atoms with Gasteiger partial charge in [0.1, 0.15) is 0 Å². The highest BCUT2D eigenvalue weighted by Gasteiger charge is 2.33. The van der Waals surface area contributed by atoms with Gasteiger partial charge in [0.2, 0.25) is 11.8 Å². The average Bonchev–Trinajstić information content (AvgIpc) is 3.04. The largest absolute Gasteiger partial charge is 0.369 e. The summed E-state index contributed by atoms with van der Waals surface area (Å²) >= 11 is 0. The van der Waals surface area contributed by atoms with Crippen molar-refractivity contribution in [2.45, 2.75) is 18.9 Å². The van der Waals surface area contributed by atoms with E-state index >= 15 is 0 Å². The molecule has 0 saturated carbocycles. The summed E-state index contributed by atoms with van der Waals surface area (Å²) in [4.78, 5) is 30.1. The lowest BCUT2D eigenvalue weighted by molar-refractivity contribution is -0.121. The van der Waals surface area contributed by atoms with Crippen LogP contribution in [0.15, 0.2) is 30.5 Å². The Balaban J connectivity index is 1.56. The van der Waals surface area contributed by atoms with Gasteiger partial charge in [-0.25, -0.2) is 0 Å². The first-order valence-electron chi connectivity index (χ1n) is 9.72. The Bertz CT molecular complexity index is 931. The topological polar surface area (TPSA) is 108 Å². The second-order valence-electron chi connectivity index (χ2n) is 8.02. The minimum absolute atomic E-state index is 0.0523. The second kappa shape index (κ2) is 7.41. The van der Waals surface area contributed by atoms with Gasteiger partial charge >= 0.3 is 0 Å². The normalized spacial score (nSPS) is 21.6. The Morgan fingerprint density at radius 3 is 2.71 bits per heavy atom. The molecule has 0 bridgehead atoms. The maximum absolute atomic E-state index is 11.3. The summed E-state index contributed by atoms with van der Waals surface area (Å²) in [5.74, 6) is -0.547. The van der Waals surface area contributed by atoms with Gasteiger partial charge in [0.05, 0.1) is 13.1 Å². The van der Waals surface area contributed by atoms with Crippen LogP contribution < -0.4 is 11.5 Å². The first-order valence-corrected chi connectivity index (χ1v) is 9.72. The zero-order chi connectivity index (χ0) is 19.8. The lowest BCUT2D eigenvalue weighted by Gasteiger charge is -2.40. The maximum Gasteiger partial charge on any atom is 0.231 e. The predicted octanol–water partition coefficient (Wildman–Crippen LogP) is 0.700. The smallest absolute Gasteiger partial charge is 0.231 e. The molecule has 2 aromatic rings. The Morgan fingerprint density at radius 2 is 2.00 bits per heavy atom. The van der Waals surface area contributed by atoms with Crippen molar-refractivity contribution >= 4 is 28.3 Å². The van der Waals surface area contributed by atoms with Gasteiger partial charge in [-0.1, -0.05) is 18.2 Å². The van der Waals surface area contributed by atoms with Crippen LogP contribution in [-0.4, -0.2) is 65.9 Å². The van der Waals surface area contributed by atoms with Crippen LogP contribution in [0.5, 0.6) is 0 Å². The minimum Gasteiger partial charge on any atom is -0.369 e. The maximum atomic E-state index is 11.3. The number of fused-ring (bicyclic) bond motifs is 2. The summed E-state index contributed by atoms with van der Waals surface area (Å²) < 4.78 is 0. The molecule has 0 saturated heterocycles. The van der Waals surface area contributed by atoms with Crippen LogP contribution in [0.4, 0.5) is 0 Å². The molecule has 7 heteroatoms. The number of hydrogen-bond acceptors (Lipinski definition) is 4. The van der Waals surface area contributed by atoms with E-state index in [1.54, 1.807) is 4.90 Å². The highest BCUT2D eigenvalue weighted by atomic mass is 16.2. The molecular formula is C21H27N5O2. The molecular weight excluding hydrogens is 354 g/mol. The van der Waals surface area contributed by atoms with Crippen LogP contribution in [0.25, 0.3) is 16.5 Å². The summed E-state index contributed by atoms with van der Waals surface area (Å²) in [6.45, 7) is 1.66. The summed E-state index contributed by atoms with van der Waals surface area (Å²) in [6, 6.07) is 6.82. The standard InChI is InChI=1S/C21H27N5O2/c1-25-10-13(5-6-26(11-19(22)27)12-20(23)28)7-16-15-3-2-4-17-21(15)14(9-24-17)8-18(16)25/h2-4,7,9,13,18,24H,5-6,8,10-12H2,1H3,(H2,22,27)(H2,23,28)/t13-,18-/m1/s1. The van der Waals surface area contributed by atoms with Gasteiger partial charge in [-0.15, -0.1) is 0 Å². The number of hydrogen-bond donors (Lipinski definition) is 3. The third-order valence-corrected chi connectivity index (χ3v) is 5.92. The van der Waals surface area contributed by atoms with E-state index in [4.69, 9.17) is 11.5 Å². The zero-order valence-electron chi connectivity index (χ0n) is 16.1. The molecule has 5 N–H and O–H groups in total. The number of benzene rings is 1. The highest BCUT2D eigenvalue weighted by Crippen LogP contribution is 2.41. The van der Waals surface area contributed by atoms with Crippen LogP contribution in [0, 0.1) is 5.92 Å². The van der Waals surface area contributed by atoms with E-state index in [1.807, 2.05) is 0 Å². The number of primary amides is 2. The van der Waals surface area contributed by atoms with Gasteiger partial charge < -0.3 is 16.5 Å². The van der Waals surface area contributed by atoms with E-state index in [0.29, 0.717) is 18.5 Å². The van der Waals surface area contributed by atoms with Crippen molar-refractivity contribution in [1.82, 2.24) is 14.8 Å². The molecule has 0 unspecified atom stereocenters. The van der Waals surface area contributed by atoms with Crippen LogP contribution in [0.1, 0.15) is 17.5 Å². The molecule has 4 rings (SSSR count). The zero-order valence-corrected chi connectivity index (χ0v) is 16.1. The number of aromatic amines is 1. The lowest BCUT2D eigenvalue weighted by atomic mass is 9.79. The van der Waals surface area contributed by atoms with Crippen LogP contribution in [0.3, 0.4) is 0 Å². The molecule has 1 aromatic heterocycles. The number of amides is 2. The number of nitrogens with zero attached hydrogens (tertiary/aromatic N) is 2. The third-order valence-electron chi connectivity index (χ3n) is 5.92. The molecule has 28 heavy (non-hydrogen) atoms. The van der Waals surface area contributed by atoms with Crippen molar-refractivity contribution < 1.29 is 9.59 Å². The van der Waals surface area contributed by atoms with Gasteiger partial charge in [0.25, 0.3) is 0 Å². The molecule has 0 radical (unpaired) electrons. The molecule has 0 fully saturated rings. The molecule has 2 atom stereocenters. The number of nitrogens with one attached hydrogen (secondary N) is 1. The predicted molar refractivity (Wildman–Crippen MR) is 109 cm³/mol. The minimum atomic E-state index is -0.445. The summed E-state index contributed by atoms with van der Waals surface area (Å²) in [5, 5.41) is 1.34. The monoisotopic (exact) mass is 381 g/mol. The number of carbonyl (C=O) groups is 2. The fraction of sp³-hybridized carbons (Fsp3) is 0.429. The van der Waals surface area contributed by atoms with Crippen molar-refractivity contribution in [2.24, 2.45) is 17.4 Å². The van der Waals surface area contributed by atoms with Crippen molar-refractivity contribution in [3.05, 3.63) is 41.6 Å². The molecule has 148 valence electrons. The van der Waals surface area contributed by atoms with Gasteiger partial charge in [-0.2, -0.15) is 0 Å². The number of H-pyrrole nitrogens is 1. The fourth-order valence-corrected chi connectivity index (χ4v) is 4.73. The van der Waals surface area contributed by atoms with E-state index in [2.05, 4.69) is 47.4 Å². The summed E-state index contributed by atoms with van der Waals surface area (Å²) in [5.41, 5.74) is 15.9. The van der Waals surface area contributed by atoms with Crippen LogP contribution in [0.2, 0.25) is 0 Å². The number of aromatic nitrogens is 1. The number of nitrogens with two attached hydrogens (primary N) is 2. The first kappa shape index (κ1) is 18.7. The fourth-order valence-electron chi connectivity index (χ4n) is 4.73. The molecule has 2 aliphatic rings. The quantitative estimate of drug-likeness (QED) is 0.656. The van der Waals surface area contributed by atoms with Crippen molar-refractivity contribution in [3.8, 4) is 0 Å². The Hall–Kier alpha value is -2.64. The molecule has 1 aliphatic carbocycles. The molecule has 1 aliphatic heterocycles. The van der Waals surface area contributed by atoms with Gasteiger partial charge in [0, 0.05) is 29.7 Å². The van der Waals surface area contributed by atoms with Crippen molar-refractivity contribution in [2.75, 3.05) is 33.2 Å². The van der Waals surface area contributed by atoms with Gasteiger partial charge in [-0.3, -0.25) is 19.4 Å². The second-order valence-corrected chi connectivity index (χ2v) is 8.02. The Kier molecular flexibility index (Phi) is 4.95. The van der Waals surface area contributed by atoms with Crippen molar-refractivity contribution in [3.63, 3.8) is 0 Å². The SMILES string of the molecule is CN1C[C@H](CCN(CC(N)=O)CC(N)=O)C=C2c3cccc4[nH]cc(c34)C[C@H]21. The molecule has 1 aromatic carbocycles. The first-order chi connectivity index (χ1) is 13.4. The molecule has 0 spiro atoms. The Morgan fingerprint density at radius 1 is 1.25 bits per heavy atom. The van der Waals surface area contributed by atoms with Crippen LogP contribution >= 0.6 is 0 Å². The van der Waals surface area contributed by atoms with E-state index in [-0.39, 0.29) is 13.1 Å². The number of carbonyl (C=O) groups excluding carboxylic acids is 2. The van der Waals surface area contributed by atoms with E-state index in [9.17, 15) is 9.59 Å².